The van der Waals surface area contributed by atoms with Crippen molar-refractivity contribution in [2.45, 2.75) is 19.9 Å². The van der Waals surface area contributed by atoms with E-state index in [0.29, 0.717) is 22.7 Å². The smallest absolute Gasteiger partial charge is 0.336 e. The molecule has 0 spiro atoms. The third-order valence-electron chi connectivity index (χ3n) is 4.39. The van der Waals surface area contributed by atoms with Gasteiger partial charge in [0.2, 0.25) is 0 Å². The topological polar surface area (TPSA) is 80.8 Å². The molecule has 3 rings (SSSR count). The summed E-state index contributed by atoms with van der Waals surface area (Å²) in [5, 5.41) is 2.79. The van der Waals surface area contributed by atoms with Crippen molar-refractivity contribution < 1.29 is 23.5 Å². The van der Waals surface area contributed by atoms with E-state index in [1.54, 1.807) is 55.7 Å². The second-order valence-corrected chi connectivity index (χ2v) is 7.39. The molecule has 33 heavy (non-hydrogen) atoms. The van der Waals surface area contributed by atoms with Gasteiger partial charge in [-0.1, -0.05) is 6.07 Å². The first kappa shape index (κ1) is 23.5. The third kappa shape index (κ3) is 6.90. The summed E-state index contributed by atoms with van der Waals surface area (Å²) in [6, 6.07) is 14.0. The Balaban J connectivity index is 1.57. The number of nitrogens with one attached hydrogen (secondary N) is 1. The highest BCUT2D eigenvalue weighted by atomic mass is 19.1. The summed E-state index contributed by atoms with van der Waals surface area (Å²) in [6.07, 6.45) is 5.72. The summed E-state index contributed by atoms with van der Waals surface area (Å²) in [4.78, 5) is 29.5. The van der Waals surface area contributed by atoms with Crippen LogP contribution < -0.4 is 19.7 Å². The number of amides is 2. The lowest BCUT2D eigenvalue weighted by atomic mass is 10.2. The minimum atomic E-state index is -0.621. The lowest BCUT2D eigenvalue weighted by Crippen LogP contribution is -2.40. The predicted molar refractivity (Wildman–Crippen MR) is 124 cm³/mol. The predicted octanol–water partition coefficient (Wildman–Crippen LogP) is 5.19. The maximum absolute atomic E-state index is 14.3. The van der Waals surface area contributed by atoms with Crippen molar-refractivity contribution in [1.29, 1.82) is 0 Å². The van der Waals surface area contributed by atoms with Gasteiger partial charge in [-0.3, -0.25) is 9.88 Å². The molecule has 170 valence electrons. The third-order valence-corrected chi connectivity index (χ3v) is 4.39. The van der Waals surface area contributed by atoms with Crippen molar-refractivity contribution in [2.75, 3.05) is 11.9 Å². The zero-order valence-corrected chi connectivity index (χ0v) is 18.5. The Labute approximate surface area is 191 Å². The molecule has 0 aliphatic carbocycles. The van der Waals surface area contributed by atoms with Crippen LogP contribution in [-0.4, -0.2) is 30.1 Å². The monoisotopic (exact) mass is 449 g/mol. The highest BCUT2D eigenvalue weighted by Crippen LogP contribution is 2.25. The number of esters is 1. The van der Waals surface area contributed by atoms with Gasteiger partial charge in [0, 0.05) is 31.0 Å². The molecule has 0 saturated heterocycles. The van der Waals surface area contributed by atoms with Gasteiger partial charge >= 0.3 is 12.0 Å². The number of carbonyl (C=O) groups excluding carboxylic acids is 2. The Kier molecular flexibility index (Phi) is 7.75. The minimum Gasteiger partial charge on any atom is -0.453 e. The van der Waals surface area contributed by atoms with Crippen LogP contribution in [0.4, 0.5) is 14.9 Å². The van der Waals surface area contributed by atoms with Crippen molar-refractivity contribution in [2.24, 2.45) is 0 Å². The maximum atomic E-state index is 14.3. The van der Waals surface area contributed by atoms with E-state index in [2.05, 4.69) is 10.3 Å². The Hall–Kier alpha value is -4.20. The van der Waals surface area contributed by atoms with Crippen molar-refractivity contribution in [3.05, 3.63) is 84.4 Å². The van der Waals surface area contributed by atoms with Crippen LogP contribution in [0.2, 0.25) is 0 Å². The number of aromatic nitrogens is 1. The summed E-state index contributed by atoms with van der Waals surface area (Å²) in [7, 11) is 1.65. The minimum absolute atomic E-state index is 0.0188. The lowest BCUT2D eigenvalue weighted by Gasteiger charge is -2.19. The molecule has 7 nitrogen and oxygen atoms in total. The van der Waals surface area contributed by atoms with Gasteiger partial charge in [0.1, 0.15) is 11.5 Å². The van der Waals surface area contributed by atoms with Crippen LogP contribution in [0.1, 0.15) is 19.4 Å². The van der Waals surface area contributed by atoms with Gasteiger partial charge in [-0.05, 0) is 74.0 Å². The number of ether oxygens (including phenoxy) is 2. The molecule has 1 aromatic heterocycles. The van der Waals surface area contributed by atoms with Crippen LogP contribution in [0.3, 0.4) is 0 Å². The van der Waals surface area contributed by atoms with Crippen molar-refractivity contribution in [3.8, 4) is 17.2 Å². The standard InChI is InChI=1S/C25H24FN3O4/c1-17(2)28-25(31)29(3)19-8-10-20(11-9-19)33-24(30)13-7-18-6-12-23(22(26)15-18)32-21-5-4-14-27-16-21/h4-17H,1-3H3,(H,28,31)/b13-7+. The quantitative estimate of drug-likeness (QED) is 0.305. The fraction of sp³-hybridized carbons (Fsp3) is 0.160. The molecule has 0 saturated carbocycles. The van der Waals surface area contributed by atoms with Crippen LogP contribution in [-0.2, 0) is 4.79 Å². The number of hydrogen-bond donors (Lipinski definition) is 1. The zero-order valence-electron chi connectivity index (χ0n) is 18.5. The number of pyridine rings is 1. The first-order valence-corrected chi connectivity index (χ1v) is 10.2. The largest absolute Gasteiger partial charge is 0.453 e. The Morgan fingerprint density at radius 1 is 1.09 bits per heavy atom. The van der Waals surface area contributed by atoms with Gasteiger partial charge in [-0.2, -0.15) is 0 Å². The van der Waals surface area contributed by atoms with Gasteiger partial charge in [0.15, 0.2) is 11.6 Å². The molecule has 0 atom stereocenters. The zero-order chi connectivity index (χ0) is 23.8. The molecule has 0 aliphatic rings. The second-order valence-electron chi connectivity index (χ2n) is 7.39. The molecule has 0 aliphatic heterocycles. The molecule has 8 heteroatoms. The molecule has 2 aromatic carbocycles. The number of benzene rings is 2. The van der Waals surface area contributed by atoms with Crippen LogP contribution >= 0.6 is 0 Å². The van der Waals surface area contributed by atoms with Gasteiger partial charge in [0.05, 0.1) is 6.20 Å². The van der Waals surface area contributed by atoms with E-state index >= 15 is 0 Å². The van der Waals surface area contributed by atoms with E-state index in [9.17, 15) is 14.0 Å². The van der Waals surface area contributed by atoms with Crippen molar-refractivity contribution >= 4 is 23.8 Å². The summed E-state index contributed by atoms with van der Waals surface area (Å²) < 4.78 is 25.0. The van der Waals surface area contributed by atoms with Gasteiger partial charge in [0.25, 0.3) is 0 Å². The number of rotatable bonds is 7. The molecule has 2 amide bonds. The summed E-state index contributed by atoms with van der Waals surface area (Å²) in [6.45, 7) is 3.75. The molecule has 0 bridgehead atoms. The number of nitrogens with zero attached hydrogens (tertiary/aromatic N) is 2. The van der Waals surface area contributed by atoms with Gasteiger partial charge in [-0.15, -0.1) is 0 Å². The lowest BCUT2D eigenvalue weighted by molar-refractivity contribution is -0.128. The first-order valence-electron chi connectivity index (χ1n) is 10.2. The van der Waals surface area contributed by atoms with Crippen molar-refractivity contribution in [3.63, 3.8) is 0 Å². The van der Waals surface area contributed by atoms with E-state index in [4.69, 9.17) is 9.47 Å². The molecule has 0 fully saturated rings. The normalized spacial score (nSPS) is 10.8. The molecule has 3 aromatic rings. The van der Waals surface area contributed by atoms with E-state index in [1.165, 1.54) is 35.4 Å². The Bertz CT molecular complexity index is 1130. The van der Waals surface area contributed by atoms with E-state index < -0.39 is 11.8 Å². The Morgan fingerprint density at radius 2 is 1.85 bits per heavy atom. The highest BCUT2D eigenvalue weighted by molar-refractivity contribution is 5.92. The fourth-order valence-electron chi connectivity index (χ4n) is 2.75. The van der Waals surface area contributed by atoms with Crippen LogP contribution in [0, 0.1) is 5.82 Å². The van der Waals surface area contributed by atoms with E-state index in [0.717, 1.165) is 0 Å². The van der Waals surface area contributed by atoms with E-state index in [-0.39, 0.29) is 17.8 Å². The van der Waals surface area contributed by atoms with Crippen LogP contribution in [0.15, 0.2) is 73.1 Å². The molecule has 0 radical (unpaired) electrons. The first-order chi connectivity index (χ1) is 15.8. The number of hydrogen-bond acceptors (Lipinski definition) is 5. The summed E-state index contributed by atoms with van der Waals surface area (Å²) in [5.41, 5.74) is 1.11. The number of urea groups is 1. The number of anilines is 1. The Morgan fingerprint density at radius 3 is 2.48 bits per heavy atom. The van der Waals surface area contributed by atoms with Crippen LogP contribution in [0.25, 0.3) is 6.08 Å². The fourth-order valence-corrected chi connectivity index (χ4v) is 2.75. The molecular formula is C25H24FN3O4. The molecule has 0 unspecified atom stereocenters. The average molecular weight is 449 g/mol. The van der Waals surface area contributed by atoms with Gasteiger partial charge < -0.3 is 14.8 Å². The van der Waals surface area contributed by atoms with Crippen molar-refractivity contribution in [1.82, 2.24) is 10.3 Å². The highest BCUT2D eigenvalue weighted by Gasteiger charge is 2.12. The van der Waals surface area contributed by atoms with Crippen LogP contribution in [0.5, 0.6) is 17.2 Å². The molecular weight excluding hydrogens is 425 g/mol. The SMILES string of the molecule is CC(C)NC(=O)N(C)c1ccc(OC(=O)/C=C/c2ccc(Oc3cccnc3)c(F)c2)cc1. The molecule has 1 heterocycles. The van der Waals surface area contributed by atoms with E-state index in [1.807, 2.05) is 13.8 Å². The summed E-state index contributed by atoms with van der Waals surface area (Å²) in [5.74, 6) is -0.409. The second kappa shape index (κ2) is 10.9. The number of carbonyl (C=O) groups is 2. The summed E-state index contributed by atoms with van der Waals surface area (Å²) >= 11 is 0. The maximum Gasteiger partial charge on any atom is 0.336 e. The number of halogens is 1. The average Bonchev–Trinajstić information content (AvgIpc) is 2.79. The van der Waals surface area contributed by atoms with Gasteiger partial charge in [-0.25, -0.2) is 14.0 Å². The molecule has 1 N–H and O–H groups in total.